The van der Waals surface area contributed by atoms with E-state index in [-0.39, 0.29) is 5.69 Å². The van der Waals surface area contributed by atoms with E-state index in [0.29, 0.717) is 11.1 Å². The molecule has 19 heavy (non-hydrogen) atoms. The summed E-state index contributed by atoms with van der Waals surface area (Å²) >= 11 is 3.15. The van der Waals surface area contributed by atoms with Gasteiger partial charge in [-0.3, -0.25) is 10.1 Å². The molecule has 0 aliphatic heterocycles. The molecule has 0 amide bonds. The minimum absolute atomic E-state index is 0.0463. The molecule has 0 unspecified atom stereocenters. The van der Waals surface area contributed by atoms with Crippen LogP contribution in [0.2, 0.25) is 0 Å². The predicted molar refractivity (Wildman–Crippen MR) is 76.3 cm³/mol. The quantitative estimate of drug-likeness (QED) is 0.625. The minimum Gasteiger partial charge on any atom is -0.489 e. The van der Waals surface area contributed by atoms with Crippen LogP contribution >= 0.6 is 15.9 Å². The Morgan fingerprint density at radius 2 is 1.89 bits per heavy atom. The number of hydrogen-bond acceptors (Lipinski definition) is 3. The fourth-order valence-electron chi connectivity index (χ4n) is 1.59. The van der Waals surface area contributed by atoms with Gasteiger partial charge in [0.1, 0.15) is 12.4 Å². The van der Waals surface area contributed by atoms with Crippen LogP contribution in [0.25, 0.3) is 0 Å². The molecule has 0 fully saturated rings. The Balaban J connectivity index is 2.09. The predicted octanol–water partition coefficient (Wildman–Crippen LogP) is 4.24. The van der Waals surface area contributed by atoms with Crippen LogP contribution in [0.5, 0.6) is 5.75 Å². The van der Waals surface area contributed by atoms with Crippen molar-refractivity contribution in [3.63, 3.8) is 0 Å². The second kappa shape index (κ2) is 5.84. The average molecular weight is 322 g/mol. The highest BCUT2D eigenvalue weighted by atomic mass is 79.9. The van der Waals surface area contributed by atoms with Crippen LogP contribution in [-0.2, 0) is 6.61 Å². The molecule has 0 spiro atoms. The van der Waals surface area contributed by atoms with Crippen LogP contribution in [0.15, 0.2) is 46.9 Å². The second-order valence-corrected chi connectivity index (χ2v) is 5.00. The maximum atomic E-state index is 10.8. The van der Waals surface area contributed by atoms with E-state index in [0.717, 1.165) is 16.9 Å². The number of rotatable bonds is 4. The van der Waals surface area contributed by atoms with Crippen molar-refractivity contribution in [1.82, 2.24) is 0 Å². The molecule has 0 aliphatic carbocycles. The first-order valence-corrected chi connectivity index (χ1v) is 6.48. The minimum atomic E-state index is -0.417. The van der Waals surface area contributed by atoms with Crippen molar-refractivity contribution in [2.75, 3.05) is 0 Å². The van der Waals surface area contributed by atoms with Crippen molar-refractivity contribution < 1.29 is 9.66 Å². The maximum Gasteiger partial charge on any atom is 0.283 e. The van der Waals surface area contributed by atoms with Crippen molar-refractivity contribution in [1.29, 1.82) is 0 Å². The molecular formula is C14H12BrNO3. The topological polar surface area (TPSA) is 52.4 Å². The first-order valence-electron chi connectivity index (χ1n) is 5.68. The van der Waals surface area contributed by atoms with E-state index in [1.54, 1.807) is 12.1 Å². The summed E-state index contributed by atoms with van der Waals surface area (Å²) in [7, 11) is 0. The van der Waals surface area contributed by atoms with E-state index in [1.807, 2.05) is 31.2 Å². The summed E-state index contributed by atoms with van der Waals surface area (Å²) < 4.78 is 6.05. The number of nitro benzene ring substituents is 1. The third-order valence-corrected chi connectivity index (χ3v) is 3.30. The number of aryl methyl sites for hydroxylation is 1. The van der Waals surface area contributed by atoms with Crippen LogP contribution in [0.4, 0.5) is 5.69 Å². The van der Waals surface area contributed by atoms with E-state index < -0.39 is 4.92 Å². The van der Waals surface area contributed by atoms with E-state index in [1.165, 1.54) is 6.07 Å². The van der Waals surface area contributed by atoms with Gasteiger partial charge in [0.2, 0.25) is 0 Å². The van der Waals surface area contributed by atoms with Gasteiger partial charge in [0.05, 0.1) is 9.40 Å². The molecular weight excluding hydrogens is 310 g/mol. The van der Waals surface area contributed by atoms with Gasteiger partial charge in [-0.25, -0.2) is 0 Å². The lowest BCUT2D eigenvalue weighted by molar-refractivity contribution is -0.385. The van der Waals surface area contributed by atoms with Gasteiger partial charge in [0.15, 0.2) is 0 Å². The van der Waals surface area contributed by atoms with Crippen molar-refractivity contribution in [2.24, 2.45) is 0 Å². The van der Waals surface area contributed by atoms with Gasteiger partial charge in [-0.1, -0.05) is 23.8 Å². The monoisotopic (exact) mass is 321 g/mol. The fourth-order valence-corrected chi connectivity index (χ4v) is 1.98. The number of hydrogen-bond donors (Lipinski definition) is 0. The molecule has 0 bridgehead atoms. The van der Waals surface area contributed by atoms with Gasteiger partial charge < -0.3 is 4.74 Å². The fraction of sp³-hybridized carbons (Fsp3) is 0.143. The molecule has 2 rings (SSSR count). The molecule has 4 nitrogen and oxygen atoms in total. The Hall–Kier alpha value is -1.88. The summed E-state index contributed by atoms with van der Waals surface area (Å²) in [5, 5.41) is 10.8. The number of nitro groups is 1. The lowest BCUT2D eigenvalue weighted by Crippen LogP contribution is -1.97. The largest absolute Gasteiger partial charge is 0.489 e. The zero-order valence-corrected chi connectivity index (χ0v) is 11.9. The van der Waals surface area contributed by atoms with Crippen LogP contribution in [-0.4, -0.2) is 4.92 Å². The first kappa shape index (κ1) is 13.5. The molecule has 0 N–H and O–H groups in total. The second-order valence-electron chi connectivity index (χ2n) is 4.14. The lowest BCUT2D eigenvalue weighted by atomic mass is 10.2. The normalized spacial score (nSPS) is 10.2. The van der Waals surface area contributed by atoms with Gasteiger partial charge in [-0.2, -0.15) is 0 Å². The molecule has 0 heterocycles. The molecule has 0 saturated heterocycles. The molecule has 0 saturated carbocycles. The van der Waals surface area contributed by atoms with E-state index >= 15 is 0 Å². The molecule has 5 heteroatoms. The summed E-state index contributed by atoms with van der Waals surface area (Å²) in [6.07, 6.45) is 0. The standard InChI is InChI=1S/C14H12BrNO3/c1-10-2-5-12(6-3-10)19-9-11-4-7-13(15)14(8-11)16(17)18/h2-8H,9H2,1H3. The first-order chi connectivity index (χ1) is 9.06. The van der Waals surface area contributed by atoms with Crippen LogP contribution in [0.3, 0.4) is 0 Å². The van der Waals surface area contributed by atoms with Gasteiger partial charge in [-0.15, -0.1) is 0 Å². The third kappa shape index (κ3) is 3.54. The number of ether oxygens (including phenoxy) is 1. The Bertz CT molecular complexity index is 596. The lowest BCUT2D eigenvalue weighted by Gasteiger charge is -2.07. The van der Waals surface area contributed by atoms with E-state index in [4.69, 9.17) is 4.74 Å². The van der Waals surface area contributed by atoms with Gasteiger partial charge >= 0.3 is 0 Å². The third-order valence-electron chi connectivity index (χ3n) is 2.63. The molecule has 0 aromatic heterocycles. The van der Waals surface area contributed by atoms with Gasteiger partial charge in [-0.05, 0) is 46.6 Å². The van der Waals surface area contributed by atoms with Crippen molar-refractivity contribution in [2.45, 2.75) is 13.5 Å². The van der Waals surface area contributed by atoms with Crippen molar-refractivity contribution in [3.05, 3.63) is 68.2 Å². The Morgan fingerprint density at radius 3 is 2.53 bits per heavy atom. The zero-order chi connectivity index (χ0) is 13.8. The molecule has 98 valence electrons. The van der Waals surface area contributed by atoms with Crippen LogP contribution < -0.4 is 4.74 Å². The van der Waals surface area contributed by atoms with Crippen molar-refractivity contribution >= 4 is 21.6 Å². The summed E-state index contributed by atoms with van der Waals surface area (Å²) in [5.74, 6) is 0.746. The SMILES string of the molecule is Cc1ccc(OCc2ccc(Br)c([N+](=O)[O-])c2)cc1. The molecule has 0 atom stereocenters. The number of nitrogens with zero attached hydrogens (tertiary/aromatic N) is 1. The highest BCUT2D eigenvalue weighted by Crippen LogP contribution is 2.26. The van der Waals surface area contributed by atoms with Gasteiger partial charge in [0, 0.05) is 6.07 Å². The summed E-state index contributed by atoms with van der Waals surface area (Å²) in [5.41, 5.74) is 1.96. The number of benzene rings is 2. The molecule has 0 aliphatic rings. The maximum absolute atomic E-state index is 10.8. The molecule has 2 aromatic carbocycles. The Kier molecular flexibility index (Phi) is 4.16. The molecule has 0 radical (unpaired) electrons. The van der Waals surface area contributed by atoms with Gasteiger partial charge in [0.25, 0.3) is 5.69 Å². The van der Waals surface area contributed by atoms with E-state index in [2.05, 4.69) is 15.9 Å². The average Bonchev–Trinajstić information content (AvgIpc) is 2.39. The number of halogens is 1. The smallest absolute Gasteiger partial charge is 0.283 e. The summed E-state index contributed by atoms with van der Waals surface area (Å²) in [4.78, 5) is 10.4. The molecule has 2 aromatic rings. The highest BCUT2D eigenvalue weighted by molar-refractivity contribution is 9.10. The Morgan fingerprint density at radius 1 is 1.21 bits per heavy atom. The zero-order valence-electron chi connectivity index (χ0n) is 10.3. The Labute approximate surface area is 119 Å². The summed E-state index contributed by atoms with van der Waals surface area (Å²) in [6, 6.07) is 12.6. The van der Waals surface area contributed by atoms with Crippen molar-refractivity contribution in [3.8, 4) is 5.75 Å². The summed E-state index contributed by atoms with van der Waals surface area (Å²) in [6.45, 7) is 2.30. The van der Waals surface area contributed by atoms with E-state index in [9.17, 15) is 10.1 Å². The van der Waals surface area contributed by atoms with Crippen LogP contribution in [0.1, 0.15) is 11.1 Å². The van der Waals surface area contributed by atoms with Crippen LogP contribution in [0, 0.1) is 17.0 Å². The highest BCUT2D eigenvalue weighted by Gasteiger charge is 2.12.